The van der Waals surface area contributed by atoms with Gasteiger partial charge in [-0.1, -0.05) is 12.1 Å². The Morgan fingerprint density at radius 3 is 2.77 bits per heavy atom. The number of urea groups is 1. The number of hydrogen-bond donors (Lipinski definition) is 2. The van der Waals surface area contributed by atoms with Gasteiger partial charge in [0.15, 0.2) is 0 Å². The summed E-state index contributed by atoms with van der Waals surface area (Å²) in [6.45, 7) is 2.23. The SMILES string of the molecule is CNC(=O)CCN(C)C(=O)N[C@H](C)c1cnn(-c2ccccc2OC)c1. The topological polar surface area (TPSA) is 88.5 Å². The Hall–Kier alpha value is -3.03. The third-order valence-corrected chi connectivity index (χ3v) is 4.07. The molecule has 0 radical (unpaired) electrons. The van der Waals surface area contributed by atoms with E-state index in [0.29, 0.717) is 12.3 Å². The Labute approximate surface area is 153 Å². The standard InChI is InChI=1S/C18H25N5O3/c1-13(21-18(25)22(3)10-9-17(24)19-2)14-11-20-23(12-14)15-7-5-6-8-16(15)26-4/h5-8,11-13H,9-10H2,1-4H3,(H,19,24)(H,21,25)/t13-/m1/s1. The number of methoxy groups -OCH3 is 1. The lowest BCUT2D eigenvalue weighted by atomic mass is 10.2. The Balaban J connectivity index is 2.00. The summed E-state index contributed by atoms with van der Waals surface area (Å²) in [5, 5.41) is 9.79. The van der Waals surface area contributed by atoms with E-state index in [1.807, 2.05) is 37.4 Å². The first-order valence-corrected chi connectivity index (χ1v) is 8.36. The molecule has 1 heterocycles. The molecule has 3 amide bonds. The minimum Gasteiger partial charge on any atom is -0.494 e. The number of amides is 3. The fraction of sp³-hybridized carbons (Fsp3) is 0.389. The molecule has 1 aromatic carbocycles. The highest BCUT2D eigenvalue weighted by molar-refractivity contribution is 5.78. The van der Waals surface area contributed by atoms with Crippen LogP contribution in [-0.2, 0) is 4.79 Å². The molecule has 0 bridgehead atoms. The number of nitrogens with one attached hydrogen (secondary N) is 2. The highest BCUT2D eigenvalue weighted by Crippen LogP contribution is 2.23. The minimum atomic E-state index is -0.244. The molecule has 0 spiro atoms. The molecule has 2 N–H and O–H groups in total. The highest BCUT2D eigenvalue weighted by atomic mass is 16.5. The summed E-state index contributed by atoms with van der Waals surface area (Å²) in [6, 6.07) is 7.10. The van der Waals surface area contributed by atoms with E-state index in [0.717, 1.165) is 11.3 Å². The van der Waals surface area contributed by atoms with Gasteiger partial charge in [0.05, 0.1) is 19.3 Å². The molecular weight excluding hydrogens is 334 g/mol. The van der Waals surface area contributed by atoms with E-state index in [1.165, 1.54) is 4.90 Å². The molecule has 0 saturated carbocycles. The van der Waals surface area contributed by atoms with Crippen molar-refractivity contribution in [3.8, 4) is 11.4 Å². The van der Waals surface area contributed by atoms with E-state index in [9.17, 15) is 9.59 Å². The number of nitrogens with zero attached hydrogens (tertiary/aromatic N) is 3. The molecule has 0 fully saturated rings. The predicted molar refractivity (Wildman–Crippen MR) is 98.4 cm³/mol. The number of carbonyl (C=O) groups excluding carboxylic acids is 2. The molecule has 0 unspecified atom stereocenters. The van der Waals surface area contributed by atoms with E-state index in [2.05, 4.69) is 15.7 Å². The van der Waals surface area contributed by atoms with Crippen molar-refractivity contribution in [3.63, 3.8) is 0 Å². The van der Waals surface area contributed by atoms with Crippen LogP contribution >= 0.6 is 0 Å². The normalized spacial score (nSPS) is 11.5. The van der Waals surface area contributed by atoms with Crippen LogP contribution in [0.3, 0.4) is 0 Å². The zero-order chi connectivity index (χ0) is 19.1. The second-order valence-electron chi connectivity index (χ2n) is 5.91. The largest absolute Gasteiger partial charge is 0.494 e. The summed E-state index contributed by atoms with van der Waals surface area (Å²) in [5.74, 6) is 0.614. The fourth-order valence-electron chi connectivity index (χ4n) is 2.39. The first kappa shape index (κ1) is 19.3. The van der Waals surface area contributed by atoms with Gasteiger partial charge in [-0.25, -0.2) is 9.48 Å². The van der Waals surface area contributed by atoms with Gasteiger partial charge in [-0.2, -0.15) is 5.10 Å². The molecule has 2 rings (SSSR count). The van der Waals surface area contributed by atoms with Crippen molar-refractivity contribution in [1.82, 2.24) is 25.3 Å². The van der Waals surface area contributed by atoms with Gasteiger partial charge in [0.2, 0.25) is 5.91 Å². The monoisotopic (exact) mass is 359 g/mol. The van der Waals surface area contributed by atoms with Crippen molar-refractivity contribution in [2.75, 3.05) is 27.7 Å². The molecule has 140 valence electrons. The van der Waals surface area contributed by atoms with Crippen molar-refractivity contribution in [2.24, 2.45) is 0 Å². The summed E-state index contributed by atoms with van der Waals surface area (Å²) >= 11 is 0. The maximum Gasteiger partial charge on any atom is 0.317 e. The van der Waals surface area contributed by atoms with Crippen LogP contribution in [0, 0.1) is 0 Å². The molecule has 0 aliphatic heterocycles. The second kappa shape index (κ2) is 8.89. The third-order valence-electron chi connectivity index (χ3n) is 4.07. The number of benzene rings is 1. The molecule has 0 saturated heterocycles. The Kier molecular flexibility index (Phi) is 6.60. The van der Waals surface area contributed by atoms with Crippen LogP contribution in [0.25, 0.3) is 5.69 Å². The Morgan fingerprint density at radius 1 is 1.35 bits per heavy atom. The predicted octanol–water partition coefficient (Wildman–Crippen LogP) is 1.72. The maximum absolute atomic E-state index is 12.2. The molecule has 26 heavy (non-hydrogen) atoms. The first-order valence-electron chi connectivity index (χ1n) is 8.36. The van der Waals surface area contributed by atoms with Gasteiger partial charge in [-0.15, -0.1) is 0 Å². The highest BCUT2D eigenvalue weighted by Gasteiger charge is 2.16. The van der Waals surface area contributed by atoms with Gasteiger partial charge in [0, 0.05) is 38.8 Å². The van der Waals surface area contributed by atoms with Crippen molar-refractivity contribution >= 4 is 11.9 Å². The second-order valence-corrected chi connectivity index (χ2v) is 5.91. The summed E-state index contributed by atoms with van der Waals surface area (Å²) in [7, 11) is 4.84. The summed E-state index contributed by atoms with van der Waals surface area (Å²) in [4.78, 5) is 25.0. The van der Waals surface area contributed by atoms with Crippen molar-refractivity contribution < 1.29 is 14.3 Å². The van der Waals surface area contributed by atoms with Gasteiger partial charge < -0.3 is 20.3 Å². The quantitative estimate of drug-likeness (QED) is 0.788. The van der Waals surface area contributed by atoms with Crippen molar-refractivity contribution in [2.45, 2.75) is 19.4 Å². The molecule has 0 aliphatic carbocycles. The van der Waals surface area contributed by atoms with Crippen LogP contribution in [0.1, 0.15) is 24.9 Å². The number of carbonyl (C=O) groups is 2. The summed E-state index contributed by atoms with van der Waals surface area (Å²) < 4.78 is 7.07. The van der Waals surface area contributed by atoms with Gasteiger partial charge >= 0.3 is 6.03 Å². The van der Waals surface area contributed by atoms with Crippen molar-refractivity contribution in [1.29, 1.82) is 0 Å². The Bertz CT molecular complexity index is 759. The molecular formula is C18H25N5O3. The lowest BCUT2D eigenvalue weighted by Crippen LogP contribution is -2.40. The molecule has 1 aromatic heterocycles. The lowest BCUT2D eigenvalue weighted by molar-refractivity contribution is -0.120. The summed E-state index contributed by atoms with van der Waals surface area (Å²) in [5.41, 5.74) is 1.69. The molecule has 8 heteroatoms. The van der Waals surface area contributed by atoms with Crippen LogP contribution in [0.5, 0.6) is 5.75 Å². The van der Waals surface area contributed by atoms with Gasteiger partial charge in [-0.05, 0) is 19.1 Å². The fourth-order valence-corrected chi connectivity index (χ4v) is 2.39. The lowest BCUT2D eigenvalue weighted by Gasteiger charge is -2.20. The molecule has 8 nitrogen and oxygen atoms in total. The number of hydrogen-bond acceptors (Lipinski definition) is 4. The van der Waals surface area contributed by atoms with Crippen molar-refractivity contribution in [3.05, 3.63) is 42.2 Å². The number of rotatable bonds is 7. The van der Waals surface area contributed by atoms with Crippen LogP contribution in [0.4, 0.5) is 4.79 Å². The minimum absolute atomic E-state index is 0.101. The molecule has 2 aromatic rings. The van der Waals surface area contributed by atoms with E-state index in [1.54, 1.807) is 32.1 Å². The van der Waals surface area contributed by atoms with Gasteiger partial charge in [0.25, 0.3) is 0 Å². The van der Waals surface area contributed by atoms with Crippen LogP contribution in [-0.4, -0.2) is 54.4 Å². The van der Waals surface area contributed by atoms with Gasteiger partial charge in [0.1, 0.15) is 11.4 Å². The first-order chi connectivity index (χ1) is 12.5. The number of para-hydroxylation sites is 2. The van der Waals surface area contributed by atoms with E-state index in [-0.39, 0.29) is 24.4 Å². The van der Waals surface area contributed by atoms with E-state index in [4.69, 9.17) is 4.74 Å². The van der Waals surface area contributed by atoms with E-state index < -0.39 is 0 Å². The number of ether oxygens (including phenoxy) is 1. The van der Waals surface area contributed by atoms with Gasteiger partial charge in [-0.3, -0.25) is 4.79 Å². The molecule has 1 atom stereocenters. The molecule has 0 aliphatic rings. The average Bonchev–Trinajstić information content (AvgIpc) is 3.15. The van der Waals surface area contributed by atoms with Crippen LogP contribution in [0.15, 0.2) is 36.7 Å². The zero-order valence-corrected chi connectivity index (χ0v) is 15.5. The Morgan fingerprint density at radius 2 is 2.08 bits per heavy atom. The third kappa shape index (κ3) is 4.75. The summed E-state index contributed by atoms with van der Waals surface area (Å²) in [6.07, 6.45) is 3.83. The smallest absolute Gasteiger partial charge is 0.317 e. The van der Waals surface area contributed by atoms with E-state index >= 15 is 0 Å². The number of aromatic nitrogens is 2. The van der Waals surface area contributed by atoms with Crippen LogP contribution in [0.2, 0.25) is 0 Å². The maximum atomic E-state index is 12.2. The average molecular weight is 359 g/mol. The van der Waals surface area contributed by atoms with Crippen LogP contribution < -0.4 is 15.4 Å². The zero-order valence-electron chi connectivity index (χ0n) is 15.5.